The summed E-state index contributed by atoms with van der Waals surface area (Å²) in [5, 5.41) is 7.80. The minimum atomic E-state index is 0.657. The molecule has 1 saturated carbocycles. The second kappa shape index (κ2) is 6.72. The zero-order valence-corrected chi connectivity index (χ0v) is 13.6. The third-order valence-electron chi connectivity index (χ3n) is 4.78. The lowest BCUT2D eigenvalue weighted by Gasteiger charge is -2.41. The highest BCUT2D eigenvalue weighted by molar-refractivity contribution is 5.03. The molecule has 1 aromatic rings. The highest BCUT2D eigenvalue weighted by Gasteiger charge is 2.33. The predicted molar refractivity (Wildman–Crippen MR) is 83.4 cm³/mol. The van der Waals surface area contributed by atoms with Gasteiger partial charge in [-0.1, -0.05) is 13.8 Å². The van der Waals surface area contributed by atoms with Crippen LogP contribution in [-0.2, 0) is 13.6 Å². The van der Waals surface area contributed by atoms with Gasteiger partial charge in [0.05, 0.1) is 6.20 Å². The van der Waals surface area contributed by atoms with Gasteiger partial charge in [0.1, 0.15) is 0 Å². The Balaban J connectivity index is 1.92. The molecule has 0 aliphatic heterocycles. The monoisotopic (exact) mass is 278 g/mol. The second-order valence-electron chi connectivity index (χ2n) is 6.83. The highest BCUT2D eigenvalue weighted by atomic mass is 15.2. The van der Waals surface area contributed by atoms with Gasteiger partial charge in [-0.05, 0) is 44.7 Å². The Hall–Kier alpha value is -0.870. The molecule has 1 heterocycles. The van der Waals surface area contributed by atoms with Crippen molar-refractivity contribution in [2.45, 2.75) is 39.3 Å². The highest BCUT2D eigenvalue weighted by Crippen LogP contribution is 2.34. The van der Waals surface area contributed by atoms with Crippen molar-refractivity contribution in [1.29, 1.82) is 0 Å². The number of aromatic nitrogens is 2. The molecule has 1 aliphatic rings. The topological polar surface area (TPSA) is 33.1 Å². The largest absolute Gasteiger partial charge is 0.317 e. The zero-order valence-electron chi connectivity index (χ0n) is 13.6. The lowest BCUT2D eigenvalue weighted by Crippen LogP contribution is -2.47. The summed E-state index contributed by atoms with van der Waals surface area (Å²) in [7, 11) is 6.32. The Morgan fingerprint density at radius 2 is 2.15 bits per heavy atom. The van der Waals surface area contributed by atoms with Gasteiger partial charge in [-0.2, -0.15) is 5.10 Å². The SMILES string of the molecule is CNC1CC(C)CC(C)C1CN(C)Cc1cnn(C)c1. The molecule has 0 aromatic carbocycles. The maximum absolute atomic E-state index is 4.25. The van der Waals surface area contributed by atoms with Gasteiger partial charge in [0.25, 0.3) is 0 Å². The van der Waals surface area contributed by atoms with Crippen LogP contribution in [0.3, 0.4) is 0 Å². The fourth-order valence-electron chi connectivity index (χ4n) is 3.84. The lowest BCUT2D eigenvalue weighted by atomic mass is 9.72. The normalized spacial score (nSPS) is 30.9. The van der Waals surface area contributed by atoms with Crippen molar-refractivity contribution < 1.29 is 0 Å². The first kappa shape index (κ1) is 15.5. The predicted octanol–water partition coefficient (Wildman–Crippen LogP) is 2.12. The Morgan fingerprint density at radius 3 is 2.75 bits per heavy atom. The summed E-state index contributed by atoms with van der Waals surface area (Å²) in [5.74, 6) is 2.40. The number of nitrogens with zero attached hydrogens (tertiary/aromatic N) is 3. The molecule has 0 spiro atoms. The quantitative estimate of drug-likeness (QED) is 0.895. The van der Waals surface area contributed by atoms with Crippen molar-refractivity contribution in [3.05, 3.63) is 18.0 Å². The van der Waals surface area contributed by atoms with Crippen molar-refractivity contribution in [3.8, 4) is 0 Å². The molecule has 4 unspecified atom stereocenters. The molecule has 0 bridgehead atoms. The van der Waals surface area contributed by atoms with Crippen molar-refractivity contribution in [1.82, 2.24) is 20.0 Å². The molecule has 0 amide bonds. The Kier molecular flexibility index (Phi) is 5.22. The van der Waals surface area contributed by atoms with Crippen LogP contribution in [0.1, 0.15) is 32.3 Å². The first-order valence-electron chi connectivity index (χ1n) is 7.83. The fraction of sp³-hybridized carbons (Fsp3) is 0.812. The van der Waals surface area contributed by atoms with E-state index < -0.39 is 0 Å². The van der Waals surface area contributed by atoms with Gasteiger partial charge in [0.2, 0.25) is 0 Å². The van der Waals surface area contributed by atoms with E-state index in [9.17, 15) is 0 Å². The molecule has 0 saturated heterocycles. The van der Waals surface area contributed by atoms with Crippen LogP contribution in [0.25, 0.3) is 0 Å². The van der Waals surface area contributed by atoms with E-state index in [1.54, 1.807) is 0 Å². The van der Waals surface area contributed by atoms with E-state index in [-0.39, 0.29) is 0 Å². The first-order chi connectivity index (χ1) is 9.49. The second-order valence-corrected chi connectivity index (χ2v) is 6.83. The number of hydrogen-bond acceptors (Lipinski definition) is 3. The molecule has 4 heteroatoms. The van der Waals surface area contributed by atoms with Gasteiger partial charge >= 0.3 is 0 Å². The fourth-order valence-corrected chi connectivity index (χ4v) is 3.84. The van der Waals surface area contributed by atoms with Gasteiger partial charge in [-0.25, -0.2) is 0 Å². The van der Waals surface area contributed by atoms with Gasteiger partial charge in [0, 0.05) is 37.9 Å². The Bertz CT molecular complexity index is 414. The van der Waals surface area contributed by atoms with Gasteiger partial charge < -0.3 is 10.2 Å². The van der Waals surface area contributed by atoms with Crippen LogP contribution in [0, 0.1) is 17.8 Å². The maximum Gasteiger partial charge on any atom is 0.0534 e. The minimum absolute atomic E-state index is 0.657. The Morgan fingerprint density at radius 1 is 1.40 bits per heavy atom. The number of hydrogen-bond donors (Lipinski definition) is 1. The van der Waals surface area contributed by atoms with Gasteiger partial charge in [-0.15, -0.1) is 0 Å². The summed E-state index contributed by atoms with van der Waals surface area (Å²) in [5.41, 5.74) is 1.30. The summed E-state index contributed by atoms with van der Waals surface area (Å²) < 4.78 is 1.88. The van der Waals surface area contributed by atoms with E-state index in [1.807, 2.05) is 17.9 Å². The molecule has 4 nitrogen and oxygen atoms in total. The molecular formula is C16H30N4. The smallest absolute Gasteiger partial charge is 0.0534 e. The molecule has 1 aliphatic carbocycles. The molecule has 114 valence electrons. The maximum atomic E-state index is 4.25. The molecule has 1 fully saturated rings. The number of nitrogens with one attached hydrogen (secondary N) is 1. The zero-order chi connectivity index (χ0) is 14.7. The summed E-state index contributed by atoms with van der Waals surface area (Å²) in [4.78, 5) is 2.44. The summed E-state index contributed by atoms with van der Waals surface area (Å²) in [6, 6.07) is 0.657. The third-order valence-corrected chi connectivity index (χ3v) is 4.78. The van der Waals surface area contributed by atoms with Crippen LogP contribution >= 0.6 is 0 Å². The molecule has 4 atom stereocenters. The van der Waals surface area contributed by atoms with Crippen molar-refractivity contribution in [2.75, 3.05) is 20.6 Å². The van der Waals surface area contributed by atoms with Gasteiger partial charge in [0.15, 0.2) is 0 Å². The molecule has 1 N–H and O–H groups in total. The van der Waals surface area contributed by atoms with Crippen LogP contribution in [-0.4, -0.2) is 41.4 Å². The van der Waals surface area contributed by atoms with Crippen molar-refractivity contribution >= 4 is 0 Å². The van der Waals surface area contributed by atoms with Crippen molar-refractivity contribution in [3.63, 3.8) is 0 Å². The molecular weight excluding hydrogens is 248 g/mol. The number of rotatable bonds is 5. The first-order valence-corrected chi connectivity index (χ1v) is 7.83. The van der Waals surface area contributed by atoms with Gasteiger partial charge in [-0.3, -0.25) is 4.68 Å². The van der Waals surface area contributed by atoms with Crippen LogP contribution in [0.4, 0.5) is 0 Å². The molecule has 20 heavy (non-hydrogen) atoms. The third kappa shape index (κ3) is 3.83. The standard InChI is InChI=1S/C16H30N4/c1-12-6-13(2)15(16(7-12)17-3)11-19(4)9-14-8-18-20(5)10-14/h8,10,12-13,15-17H,6-7,9,11H2,1-5H3. The molecule has 2 rings (SSSR count). The lowest BCUT2D eigenvalue weighted by molar-refractivity contribution is 0.113. The molecule has 1 aromatic heterocycles. The minimum Gasteiger partial charge on any atom is -0.317 e. The van der Waals surface area contributed by atoms with E-state index in [1.165, 1.54) is 18.4 Å². The number of aryl methyl sites for hydroxylation is 1. The van der Waals surface area contributed by atoms with E-state index in [4.69, 9.17) is 0 Å². The van der Waals surface area contributed by atoms with E-state index in [0.29, 0.717) is 6.04 Å². The van der Waals surface area contributed by atoms with Crippen molar-refractivity contribution in [2.24, 2.45) is 24.8 Å². The van der Waals surface area contributed by atoms with Crippen LogP contribution in [0.5, 0.6) is 0 Å². The Labute approximate surface area is 123 Å². The van der Waals surface area contributed by atoms with E-state index >= 15 is 0 Å². The van der Waals surface area contributed by atoms with E-state index in [0.717, 1.165) is 30.8 Å². The summed E-state index contributed by atoms with van der Waals surface area (Å²) in [6.07, 6.45) is 6.76. The van der Waals surface area contributed by atoms with Crippen LogP contribution in [0.15, 0.2) is 12.4 Å². The van der Waals surface area contributed by atoms with Crippen LogP contribution in [0.2, 0.25) is 0 Å². The summed E-state index contributed by atoms with van der Waals surface area (Å²) in [6.45, 7) is 6.95. The molecule has 0 radical (unpaired) electrons. The van der Waals surface area contributed by atoms with E-state index in [2.05, 4.69) is 49.5 Å². The van der Waals surface area contributed by atoms with Crippen LogP contribution < -0.4 is 5.32 Å². The summed E-state index contributed by atoms with van der Waals surface area (Å²) >= 11 is 0. The average Bonchev–Trinajstić information content (AvgIpc) is 2.77. The average molecular weight is 278 g/mol.